The van der Waals surface area contributed by atoms with Gasteiger partial charge in [-0.25, -0.2) is 12.8 Å². The third kappa shape index (κ3) is 3.53. The van der Waals surface area contributed by atoms with Crippen LogP contribution < -0.4 is 0 Å². The van der Waals surface area contributed by atoms with E-state index in [2.05, 4.69) is 0 Å². The highest BCUT2D eigenvalue weighted by molar-refractivity contribution is 7.88. The van der Waals surface area contributed by atoms with Gasteiger partial charge in [0.25, 0.3) is 0 Å². The van der Waals surface area contributed by atoms with Crippen LogP contribution in [0.2, 0.25) is 0 Å². The zero-order chi connectivity index (χ0) is 15.5. The molecule has 1 N–H and O–H groups in total. The molecule has 0 saturated carbocycles. The Kier molecular flexibility index (Phi) is 4.81. The number of carboxylic acid groups (broad SMARTS) is 1. The van der Waals surface area contributed by atoms with E-state index >= 15 is 0 Å². The Bertz CT molecular complexity index is 667. The number of halogens is 1. The third-order valence-electron chi connectivity index (χ3n) is 2.87. The van der Waals surface area contributed by atoms with Crippen LogP contribution >= 0.6 is 0 Å². The predicted molar refractivity (Wildman–Crippen MR) is 68.6 cm³/mol. The monoisotopic (exact) mass is 300 g/mol. The van der Waals surface area contributed by atoms with Crippen LogP contribution in [0.4, 0.5) is 4.39 Å². The zero-order valence-electron chi connectivity index (χ0n) is 10.9. The molecule has 1 unspecified atom stereocenters. The van der Waals surface area contributed by atoms with Crippen LogP contribution in [-0.2, 0) is 20.6 Å². The van der Waals surface area contributed by atoms with Gasteiger partial charge in [0.2, 0.25) is 10.0 Å². The van der Waals surface area contributed by atoms with Gasteiger partial charge in [-0.15, -0.1) is 0 Å². The first-order chi connectivity index (χ1) is 9.19. The van der Waals surface area contributed by atoms with Crippen LogP contribution in [0, 0.1) is 17.1 Å². The summed E-state index contributed by atoms with van der Waals surface area (Å²) in [4.78, 5) is 10.8. The Labute approximate surface area is 116 Å². The van der Waals surface area contributed by atoms with E-state index in [1.165, 1.54) is 13.0 Å². The highest BCUT2D eigenvalue weighted by Crippen LogP contribution is 2.17. The second-order valence-electron chi connectivity index (χ2n) is 4.20. The van der Waals surface area contributed by atoms with Crippen LogP contribution in [0.25, 0.3) is 0 Å². The number of nitrogens with zero attached hydrogens (tertiary/aromatic N) is 2. The number of hydrogen-bond acceptors (Lipinski definition) is 4. The van der Waals surface area contributed by atoms with Gasteiger partial charge in [0.05, 0.1) is 17.4 Å². The van der Waals surface area contributed by atoms with E-state index in [4.69, 9.17) is 10.4 Å². The van der Waals surface area contributed by atoms with Gasteiger partial charge in [0, 0.05) is 7.05 Å². The lowest BCUT2D eigenvalue weighted by Gasteiger charge is -2.21. The summed E-state index contributed by atoms with van der Waals surface area (Å²) < 4.78 is 37.8. The fourth-order valence-electron chi connectivity index (χ4n) is 1.47. The Hall–Kier alpha value is -1.98. The summed E-state index contributed by atoms with van der Waals surface area (Å²) in [6.07, 6.45) is 0. The molecule has 108 valence electrons. The second-order valence-corrected chi connectivity index (χ2v) is 6.23. The van der Waals surface area contributed by atoms with E-state index in [0.29, 0.717) is 4.31 Å². The average molecular weight is 300 g/mol. The number of carbonyl (C=O) groups is 1. The van der Waals surface area contributed by atoms with E-state index in [0.717, 1.165) is 19.2 Å². The van der Waals surface area contributed by atoms with Gasteiger partial charge < -0.3 is 5.11 Å². The van der Waals surface area contributed by atoms with Crippen LogP contribution in [0.1, 0.15) is 18.1 Å². The minimum atomic E-state index is -3.92. The van der Waals surface area contributed by atoms with E-state index in [1.54, 1.807) is 6.07 Å². The average Bonchev–Trinajstić information content (AvgIpc) is 2.38. The van der Waals surface area contributed by atoms with Gasteiger partial charge >= 0.3 is 5.97 Å². The van der Waals surface area contributed by atoms with E-state index in [1.807, 2.05) is 0 Å². The predicted octanol–water partition coefficient (Wildman–Crippen LogP) is 0.932. The van der Waals surface area contributed by atoms with Crippen LogP contribution in [0.3, 0.4) is 0 Å². The zero-order valence-corrected chi connectivity index (χ0v) is 11.7. The maximum absolute atomic E-state index is 13.0. The minimum absolute atomic E-state index is 0.0926. The molecule has 0 bridgehead atoms. The van der Waals surface area contributed by atoms with Gasteiger partial charge in [-0.1, -0.05) is 6.07 Å². The molecule has 1 aromatic rings. The fraction of sp³-hybridized carbons (Fsp3) is 0.333. The van der Waals surface area contributed by atoms with E-state index < -0.39 is 33.6 Å². The SMILES string of the molecule is CC(C(=O)O)N(C)S(=O)(=O)Cc1ccc(F)cc1C#N. The molecule has 6 nitrogen and oxygen atoms in total. The van der Waals surface area contributed by atoms with Crippen molar-refractivity contribution in [1.29, 1.82) is 5.26 Å². The van der Waals surface area contributed by atoms with Crippen molar-refractivity contribution in [3.05, 3.63) is 35.1 Å². The molecular weight excluding hydrogens is 287 g/mol. The molecular formula is C12H13FN2O4S. The summed E-state index contributed by atoms with van der Waals surface area (Å²) in [5, 5.41) is 17.7. The van der Waals surface area contributed by atoms with Crippen molar-refractivity contribution >= 4 is 16.0 Å². The standard InChI is InChI=1S/C12H13FN2O4S/c1-8(12(16)17)15(2)20(18,19)7-9-3-4-11(13)5-10(9)6-14/h3-5,8H,7H2,1-2H3,(H,16,17). The van der Waals surface area contributed by atoms with Crippen molar-refractivity contribution in [1.82, 2.24) is 4.31 Å². The van der Waals surface area contributed by atoms with E-state index in [-0.39, 0.29) is 11.1 Å². The largest absolute Gasteiger partial charge is 0.480 e. The van der Waals surface area contributed by atoms with E-state index in [9.17, 15) is 17.6 Å². The highest BCUT2D eigenvalue weighted by atomic mass is 32.2. The van der Waals surface area contributed by atoms with Gasteiger partial charge in [0.1, 0.15) is 11.9 Å². The summed E-state index contributed by atoms with van der Waals surface area (Å²) in [5.74, 6) is -2.49. The van der Waals surface area contributed by atoms with Gasteiger partial charge in [-0.3, -0.25) is 4.79 Å². The summed E-state index contributed by atoms with van der Waals surface area (Å²) in [6.45, 7) is 1.23. The maximum atomic E-state index is 13.0. The summed E-state index contributed by atoms with van der Waals surface area (Å²) in [7, 11) is -2.78. The Balaban J connectivity index is 3.09. The molecule has 0 aliphatic rings. The molecule has 0 aromatic heterocycles. The molecule has 0 spiro atoms. The van der Waals surface area contributed by atoms with Crippen molar-refractivity contribution in [2.24, 2.45) is 0 Å². The molecule has 0 amide bonds. The summed E-state index contributed by atoms with van der Waals surface area (Å²) in [6, 6.07) is 3.66. The molecule has 0 heterocycles. The van der Waals surface area contributed by atoms with Gasteiger partial charge in [-0.05, 0) is 24.6 Å². The lowest BCUT2D eigenvalue weighted by molar-refractivity contribution is -0.140. The smallest absolute Gasteiger partial charge is 0.321 e. The lowest BCUT2D eigenvalue weighted by atomic mass is 10.1. The van der Waals surface area contributed by atoms with Crippen molar-refractivity contribution < 1.29 is 22.7 Å². The molecule has 8 heteroatoms. The normalized spacial score (nSPS) is 12.9. The number of nitriles is 1. The van der Waals surface area contributed by atoms with Crippen LogP contribution in [0.15, 0.2) is 18.2 Å². The molecule has 0 radical (unpaired) electrons. The van der Waals surface area contributed by atoms with Crippen LogP contribution in [0.5, 0.6) is 0 Å². The van der Waals surface area contributed by atoms with Crippen molar-refractivity contribution in [2.75, 3.05) is 7.05 Å². The molecule has 20 heavy (non-hydrogen) atoms. The number of hydrogen-bond donors (Lipinski definition) is 1. The van der Waals surface area contributed by atoms with Gasteiger partial charge in [-0.2, -0.15) is 9.57 Å². The number of sulfonamides is 1. The van der Waals surface area contributed by atoms with Gasteiger partial charge in [0.15, 0.2) is 0 Å². The number of aliphatic carboxylic acids is 1. The third-order valence-corrected chi connectivity index (χ3v) is 4.74. The number of carboxylic acids is 1. The molecule has 1 aromatic carbocycles. The van der Waals surface area contributed by atoms with Crippen molar-refractivity contribution in [3.63, 3.8) is 0 Å². The first kappa shape index (κ1) is 16.1. The molecule has 0 aliphatic heterocycles. The minimum Gasteiger partial charge on any atom is -0.480 e. The Morgan fingerprint density at radius 3 is 2.65 bits per heavy atom. The number of likely N-dealkylation sites (N-methyl/N-ethyl adjacent to an activating group) is 1. The fourth-order valence-corrected chi connectivity index (χ4v) is 2.89. The molecule has 0 fully saturated rings. The molecule has 1 atom stereocenters. The first-order valence-corrected chi connectivity index (χ1v) is 7.17. The Morgan fingerprint density at radius 1 is 1.55 bits per heavy atom. The molecule has 0 aliphatic carbocycles. The topological polar surface area (TPSA) is 98.5 Å². The lowest BCUT2D eigenvalue weighted by Crippen LogP contribution is -2.40. The molecule has 0 saturated heterocycles. The highest BCUT2D eigenvalue weighted by Gasteiger charge is 2.28. The summed E-state index contributed by atoms with van der Waals surface area (Å²) in [5.41, 5.74) is 0.0308. The number of benzene rings is 1. The van der Waals surface area contributed by atoms with Crippen molar-refractivity contribution in [3.8, 4) is 6.07 Å². The Morgan fingerprint density at radius 2 is 2.15 bits per heavy atom. The van der Waals surface area contributed by atoms with Crippen molar-refractivity contribution in [2.45, 2.75) is 18.7 Å². The molecule has 1 rings (SSSR count). The van der Waals surface area contributed by atoms with Crippen LogP contribution in [-0.4, -0.2) is 36.9 Å². The quantitative estimate of drug-likeness (QED) is 0.872. The first-order valence-electron chi connectivity index (χ1n) is 5.56. The second kappa shape index (κ2) is 5.98. The number of rotatable bonds is 5. The summed E-state index contributed by atoms with van der Waals surface area (Å²) >= 11 is 0. The maximum Gasteiger partial charge on any atom is 0.321 e.